The van der Waals surface area contributed by atoms with Crippen molar-refractivity contribution in [2.45, 2.75) is 23.6 Å². The number of fused-ring (bicyclic) bond motifs is 1. The Balaban J connectivity index is 1.45. The number of alkyl halides is 3. The van der Waals surface area contributed by atoms with Crippen LogP contribution in [0.25, 0.3) is 22.3 Å². The molecule has 1 aliphatic heterocycles. The maximum absolute atomic E-state index is 14.7. The van der Waals surface area contributed by atoms with E-state index in [2.05, 4.69) is 15.1 Å². The van der Waals surface area contributed by atoms with Crippen LogP contribution >= 0.6 is 0 Å². The number of phenols is 1. The van der Waals surface area contributed by atoms with E-state index in [1.54, 1.807) is 17.0 Å². The molecule has 0 aliphatic carbocycles. The van der Waals surface area contributed by atoms with Gasteiger partial charge in [0.2, 0.25) is 16.0 Å². The van der Waals surface area contributed by atoms with Gasteiger partial charge < -0.3 is 14.7 Å². The van der Waals surface area contributed by atoms with Crippen molar-refractivity contribution in [1.29, 1.82) is 0 Å². The Morgan fingerprint density at radius 2 is 1.95 bits per heavy atom. The molecule has 40 heavy (non-hydrogen) atoms. The van der Waals surface area contributed by atoms with Gasteiger partial charge in [-0.05, 0) is 23.8 Å². The quantitative estimate of drug-likeness (QED) is 0.342. The van der Waals surface area contributed by atoms with Gasteiger partial charge in [0.1, 0.15) is 5.69 Å². The van der Waals surface area contributed by atoms with Crippen molar-refractivity contribution < 1.29 is 40.2 Å². The summed E-state index contributed by atoms with van der Waals surface area (Å²) >= 11 is 0. The Bertz CT molecular complexity index is 1730. The molecule has 5 rings (SSSR count). The third-order valence-electron chi connectivity index (χ3n) is 6.42. The molecule has 2 aromatic carbocycles. The maximum atomic E-state index is 14.7. The molecule has 1 saturated heterocycles. The van der Waals surface area contributed by atoms with Crippen LogP contribution in [0, 0.1) is 11.6 Å². The Kier molecular flexibility index (Phi) is 6.87. The van der Waals surface area contributed by atoms with Crippen LogP contribution in [0.3, 0.4) is 0 Å². The second kappa shape index (κ2) is 9.94. The third-order valence-corrected chi connectivity index (χ3v) is 7.33. The summed E-state index contributed by atoms with van der Waals surface area (Å²) < 4.78 is 99.0. The van der Waals surface area contributed by atoms with Gasteiger partial charge in [0.15, 0.2) is 23.0 Å². The average Bonchev–Trinajstić information content (AvgIpc) is 3.22. The number of aromatic hydroxyl groups is 1. The summed E-state index contributed by atoms with van der Waals surface area (Å²) in [6.45, 7) is 1.03. The van der Waals surface area contributed by atoms with Gasteiger partial charge in [0.25, 0.3) is 0 Å². The van der Waals surface area contributed by atoms with E-state index in [-0.39, 0.29) is 39.7 Å². The summed E-state index contributed by atoms with van der Waals surface area (Å²) in [4.78, 5) is 10.5. The molecule has 0 saturated carbocycles. The van der Waals surface area contributed by atoms with E-state index in [1.807, 2.05) is 0 Å². The number of anilines is 1. The van der Waals surface area contributed by atoms with Gasteiger partial charge in [-0.2, -0.15) is 23.3 Å². The zero-order chi connectivity index (χ0) is 29.0. The molecule has 4 aromatic rings. The topological polar surface area (TPSA) is 136 Å². The number of halogens is 5. The van der Waals surface area contributed by atoms with E-state index < -0.39 is 44.7 Å². The van der Waals surface area contributed by atoms with Gasteiger partial charge in [-0.15, -0.1) is 0 Å². The fourth-order valence-electron chi connectivity index (χ4n) is 4.52. The number of ether oxygens (including phenoxy) is 1. The molecular formula is C24H21F5N6O4S. The molecule has 10 nitrogen and oxygen atoms in total. The number of hydrogen-bond donors (Lipinski definition) is 2. The van der Waals surface area contributed by atoms with Gasteiger partial charge in [0.05, 0.1) is 28.6 Å². The summed E-state index contributed by atoms with van der Waals surface area (Å²) in [6.07, 6.45) is -3.92. The van der Waals surface area contributed by atoms with E-state index in [0.29, 0.717) is 31.7 Å². The number of morpholine rings is 1. The number of aryl methyl sites for hydroxylation is 1. The van der Waals surface area contributed by atoms with Crippen LogP contribution in [0.1, 0.15) is 11.1 Å². The molecule has 0 amide bonds. The highest BCUT2D eigenvalue weighted by atomic mass is 32.2. The van der Waals surface area contributed by atoms with Crippen molar-refractivity contribution in [1.82, 2.24) is 19.7 Å². The molecule has 0 radical (unpaired) electrons. The first-order valence-electron chi connectivity index (χ1n) is 11.7. The lowest BCUT2D eigenvalue weighted by molar-refractivity contribution is -0.140. The smallest absolute Gasteiger partial charge is 0.419 e. The SMILES string of the molecule is Cn1nc(-c2cc(C(F)(F)F)c(F)c(O)c2F)c2cnc(N3CCO[C@@H](Cc4cccc(S(N)(=O)=O)c4)C3)nc21. The number of nitrogens with two attached hydrogens (primary N) is 1. The fourth-order valence-corrected chi connectivity index (χ4v) is 5.10. The zero-order valence-corrected chi connectivity index (χ0v) is 21.5. The van der Waals surface area contributed by atoms with Crippen LogP contribution in [0.15, 0.2) is 41.4 Å². The van der Waals surface area contributed by atoms with Crippen molar-refractivity contribution in [2.75, 3.05) is 24.6 Å². The van der Waals surface area contributed by atoms with Crippen LogP contribution in [-0.2, 0) is 34.4 Å². The standard InChI is InChI=1S/C24H21F5N6O4S/c1-34-22-16(20(33-34)15-9-17(24(27,28)29)19(26)21(36)18(15)25)10-31-23(32-22)35-5-6-39-13(11-35)7-12-3-2-4-14(8-12)40(30,37)38/h2-4,8-10,13,36H,5-7,11H2,1H3,(H2,30,37,38)/t13-/m0/s1. The maximum Gasteiger partial charge on any atom is 0.419 e. The molecule has 1 fully saturated rings. The fraction of sp³-hybridized carbons (Fsp3) is 0.292. The number of phenolic OH excluding ortho intramolecular Hbond substituents is 1. The van der Waals surface area contributed by atoms with Gasteiger partial charge in [-0.25, -0.2) is 32.0 Å². The summed E-state index contributed by atoms with van der Waals surface area (Å²) in [5.74, 6) is -5.25. The van der Waals surface area contributed by atoms with Gasteiger partial charge >= 0.3 is 6.18 Å². The molecule has 3 heterocycles. The highest BCUT2D eigenvalue weighted by Gasteiger charge is 2.38. The lowest BCUT2D eigenvalue weighted by Crippen LogP contribution is -2.44. The van der Waals surface area contributed by atoms with Crippen molar-refractivity contribution in [3.8, 4) is 17.0 Å². The summed E-state index contributed by atoms with van der Waals surface area (Å²) in [5, 5.41) is 19.1. The first-order chi connectivity index (χ1) is 18.7. The molecule has 1 aliphatic rings. The molecule has 1 atom stereocenters. The van der Waals surface area contributed by atoms with Crippen LogP contribution < -0.4 is 10.0 Å². The second-order valence-electron chi connectivity index (χ2n) is 9.16. The number of rotatable bonds is 5. The highest BCUT2D eigenvalue weighted by molar-refractivity contribution is 7.89. The molecule has 0 spiro atoms. The van der Waals surface area contributed by atoms with Gasteiger partial charge in [-0.3, -0.25) is 0 Å². The predicted molar refractivity (Wildman–Crippen MR) is 132 cm³/mol. The lowest BCUT2D eigenvalue weighted by atomic mass is 10.0. The summed E-state index contributed by atoms with van der Waals surface area (Å²) in [7, 11) is -2.43. The van der Waals surface area contributed by atoms with Gasteiger partial charge in [-0.1, -0.05) is 12.1 Å². The number of nitrogens with zero attached hydrogens (tertiary/aromatic N) is 5. The number of primary sulfonamides is 1. The molecule has 212 valence electrons. The third kappa shape index (κ3) is 5.16. The molecule has 0 bridgehead atoms. The van der Waals surface area contributed by atoms with E-state index in [9.17, 15) is 35.5 Å². The monoisotopic (exact) mass is 584 g/mol. The first kappa shape index (κ1) is 27.7. The highest BCUT2D eigenvalue weighted by Crippen LogP contribution is 2.41. The zero-order valence-electron chi connectivity index (χ0n) is 20.7. The van der Waals surface area contributed by atoms with E-state index in [1.165, 1.54) is 30.1 Å². The van der Waals surface area contributed by atoms with Crippen molar-refractivity contribution >= 4 is 27.0 Å². The molecule has 2 aromatic heterocycles. The molecular weight excluding hydrogens is 563 g/mol. The van der Waals surface area contributed by atoms with Gasteiger partial charge in [0, 0.05) is 38.3 Å². The van der Waals surface area contributed by atoms with Crippen LogP contribution in [-0.4, -0.2) is 59.1 Å². The Morgan fingerprint density at radius 3 is 2.65 bits per heavy atom. The van der Waals surface area contributed by atoms with Crippen molar-refractivity contribution in [3.63, 3.8) is 0 Å². The Hall–Kier alpha value is -3.89. The minimum atomic E-state index is -5.19. The number of aromatic nitrogens is 4. The van der Waals surface area contributed by atoms with Crippen LogP contribution in [0.4, 0.5) is 27.9 Å². The number of sulfonamides is 1. The first-order valence-corrected chi connectivity index (χ1v) is 13.2. The summed E-state index contributed by atoms with van der Waals surface area (Å²) in [5.41, 5.74) is -2.07. The minimum Gasteiger partial charge on any atom is -0.503 e. The largest absolute Gasteiger partial charge is 0.503 e. The molecule has 0 unspecified atom stereocenters. The Labute approximate surface area is 223 Å². The van der Waals surface area contributed by atoms with E-state index in [0.717, 1.165) is 0 Å². The normalized spacial score (nSPS) is 16.6. The minimum absolute atomic E-state index is 0.0215. The van der Waals surface area contributed by atoms with E-state index in [4.69, 9.17) is 9.88 Å². The average molecular weight is 585 g/mol. The van der Waals surface area contributed by atoms with Crippen LogP contribution in [0.2, 0.25) is 0 Å². The number of hydrogen-bond acceptors (Lipinski definition) is 8. The Morgan fingerprint density at radius 1 is 1.20 bits per heavy atom. The molecule has 16 heteroatoms. The van der Waals surface area contributed by atoms with Crippen molar-refractivity contribution in [3.05, 3.63) is 59.3 Å². The molecule has 3 N–H and O–H groups in total. The second-order valence-corrected chi connectivity index (χ2v) is 10.7. The number of benzene rings is 2. The van der Waals surface area contributed by atoms with Crippen LogP contribution in [0.5, 0.6) is 5.75 Å². The van der Waals surface area contributed by atoms with Crippen molar-refractivity contribution in [2.24, 2.45) is 12.2 Å². The lowest BCUT2D eigenvalue weighted by Gasteiger charge is -2.33. The van der Waals surface area contributed by atoms with E-state index >= 15 is 0 Å². The summed E-state index contributed by atoms with van der Waals surface area (Å²) in [6, 6.07) is 6.42. The predicted octanol–water partition coefficient (Wildman–Crippen LogP) is 3.13.